The number of rotatable bonds is 4. The molecule has 11 heteroatoms. The van der Waals surface area contributed by atoms with Crippen LogP contribution in [0, 0.1) is 10.4 Å². The van der Waals surface area contributed by atoms with Crippen molar-refractivity contribution in [3.8, 4) is 11.4 Å². The summed E-state index contributed by atoms with van der Waals surface area (Å²) < 4.78 is 1.75. The van der Waals surface area contributed by atoms with Crippen LogP contribution in [0.4, 0.5) is 11.4 Å². The highest BCUT2D eigenvalue weighted by Gasteiger charge is 2.28. The van der Waals surface area contributed by atoms with Gasteiger partial charge in [0.2, 0.25) is 5.16 Å². The van der Waals surface area contributed by atoms with Gasteiger partial charge in [-0.2, -0.15) is 10.5 Å². The Labute approximate surface area is 151 Å². The zero-order valence-electron chi connectivity index (χ0n) is 13.2. The van der Waals surface area contributed by atoms with E-state index >= 15 is 0 Å². The van der Waals surface area contributed by atoms with Crippen LogP contribution in [0.2, 0.25) is 0 Å². The molecule has 0 fully saturated rings. The maximum Gasteiger partial charge on any atom is 0.212 e. The van der Waals surface area contributed by atoms with E-state index in [0.717, 1.165) is 11.1 Å². The molecule has 3 aromatic rings. The van der Waals surface area contributed by atoms with Crippen molar-refractivity contribution in [3.05, 3.63) is 64.5 Å². The van der Waals surface area contributed by atoms with E-state index < -0.39 is 10.5 Å². The van der Waals surface area contributed by atoms with Crippen molar-refractivity contribution in [2.24, 2.45) is 0 Å². The molecule has 3 unspecified atom stereocenters. The Morgan fingerprint density at radius 3 is 2.08 bits per heavy atom. The summed E-state index contributed by atoms with van der Waals surface area (Å²) >= 11 is 1.46. The number of quaternary nitrogens is 2. The van der Waals surface area contributed by atoms with Crippen molar-refractivity contribution in [1.82, 2.24) is 14.9 Å². The molecular formula is C15H14N6O4S. The van der Waals surface area contributed by atoms with Gasteiger partial charge in [-0.25, -0.2) is 15.1 Å². The molecule has 0 spiro atoms. The second-order valence-corrected chi connectivity index (χ2v) is 6.65. The molecule has 1 aliphatic heterocycles. The molecule has 0 saturated carbocycles. The Morgan fingerprint density at radius 1 is 0.923 bits per heavy atom. The van der Waals surface area contributed by atoms with Crippen LogP contribution in [-0.2, 0) is 0 Å². The van der Waals surface area contributed by atoms with E-state index in [4.69, 9.17) is 10.4 Å². The Bertz CT molecular complexity index is 913. The van der Waals surface area contributed by atoms with E-state index in [2.05, 4.69) is 15.6 Å². The molecule has 3 atom stereocenters. The number of nitrogens with one attached hydrogen (secondary N) is 3. The molecule has 1 aromatic heterocycles. The molecule has 0 radical (unpaired) electrons. The van der Waals surface area contributed by atoms with Gasteiger partial charge < -0.3 is 15.8 Å². The van der Waals surface area contributed by atoms with E-state index in [0.29, 0.717) is 11.0 Å². The smallest absolute Gasteiger partial charge is 0.212 e. The predicted molar refractivity (Wildman–Crippen MR) is 91.4 cm³/mol. The minimum atomic E-state index is -0.985. The average molecular weight is 374 g/mol. The number of hydrogen-bond acceptors (Lipinski definition) is 8. The van der Waals surface area contributed by atoms with Crippen molar-refractivity contribution >= 4 is 23.1 Å². The first-order valence-electron chi connectivity index (χ1n) is 7.58. The molecule has 26 heavy (non-hydrogen) atoms. The molecule has 0 bridgehead atoms. The summed E-state index contributed by atoms with van der Waals surface area (Å²) in [5, 5.41) is 46.8. The summed E-state index contributed by atoms with van der Waals surface area (Å²) in [6.07, 6.45) is 0. The zero-order valence-corrected chi connectivity index (χ0v) is 14.0. The summed E-state index contributed by atoms with van der Waals surface area (Å²) in [4.78, 5) is 0. The van der Waals surface area contributed by atoms with Crippen molar-refractivity contribution < 1.29 is 20.9 Å². The number of nitrogens with zero attached hydrogens (tertiary/aromatic N) is 3. The van der Waals surface area contributed by atoms with Gasteiger partial charge in [-0.05, 0) is 29.8 Å². The molecular weight excluding hydrogens is 360 g/mol. The fraction of sp³-hybridized carbons (Fsp3) is 0.0667. The van der Waals surface area contributed by atoms with Gasteiger partial charge in [-0.1, -0.05) is 11.8 Å². The maximum absolute atomic E-state index is 11.0. The third-order valence-corrected chi connectivity index (χ3v) is 5.04. The predicted octanol–water partition coefficient (Wildman–Crippen LogP) is 0.0999. The van der Waals surface area contributed by atoms with Crippen LogP contribution in [0.3, 0.4) is 0 Å². The van der Waals surface area contributed by atoms with E-state index in [1.165, 1.54) is 23.9 Å². The van der Waals surface area contributed by atoms with Gasteiger partial charge in [0.15, 0.2) is 17.2 Å². The minimum absolute atomic E-state index is 0.125. The lowest BCUT2D eigenvalue weighted by Crippen LogP contribution is -2.99. The van der Waals surface area contributed by atoms with E-state index in [1.807, 2.05) is 0 Å². The third-order valence-electron chi connectivity index (χ3n) is 3.95. The summed E-state index contributed by atoms with van der Waals surface area (Å²) in [6.45, 7) is 0. The quantitative estimate of drug-likeness (QED) is 0.405. The van der Waals surface area contributed by atoms with E-state index in [1.54, 1.807) is 41.1 Å². The summed E-state index contributed by atoms with van der Waals surface area (Å²) in [5.41, 5.74) is 5.36. The topological polar surface area (TPSA) is 138 Å². The molecule has 2 heterocycles. The first-order valence-corrected chi connectivity index (χ1v) is 8.46. The first kappa shape index (κ1) is 16.9. The van der Waals surface area contributed by atoms with Crippen molar-refractivity contribution in [3.63, 3.8) is 0 Å². The highest BCUT2D eigenvalue weighted by Crippen LogP contribution is 2.40. The second-order valence-electron chi connectivity index (χ2n) is 5.58. The van der Waals surface area contributed by atoms with Crippen LogP contribution < -0.4 is 15.9 Å². The van der Waals surface area contributed by atoms with Crippen molar-refractivity contribution in [1.29, 1.82) is 0 Å². The first-order chi connectivity index (χ1) is 12.5. The molecule has 0 aliphatic carbocycles. The van der Waals surface area contributed by atoms with Crippen LogP contribution in [0.1, 0.15) is 10.9 Å². The maximum atomic E-state index is 11.0. The van der Waals surface area contributed by atoms with Crippen LogP contribution in [0.25, 0.3) is 11.4 Å². The normalized spacial score (nSPS) is 18.2. The van der Waals surface area contributed by atoms with Gasteiger partial charge in [-0.15, -0.1) is 10.2 Å². The fourth-order valence-corrected chi connectivity index (χ4v) is 3.60. The van der Waals surface area contributed by atoms with Gasteiger partial charge in [-0.3, -0.25) is 0 Å². The molecule has 10 nitrogen and oxygen atoms in total. The largest absolute Gasteiger partial charge is 0.595 e. The molecule has 5 N–H and O–H groups in total. The molecule has 0 saturated heterocycles. The van der Waals surface area contributed by atoms with Gasteiger partial charge >= 0.3 is 0 Å². The Morgan fingerprint density at radius 2 is 1.50 bits per heavy atom. The second kappa shape index (κ2) is 6.66. The standard InChI is InChI=1S/C15H14N6O4S/c22-20(23)11-5-1-9(2-6-11)13-16-17-15-19(13)18-14(26-15)10-3-7-12(8-4-10)21(24)25/h1-8,14,18,20-22,24H. The van der Waals surface area contributed by atoms with E-state index in [9.17, 15) is 10.4 Å². The van der Waals surface area contributed by atoms with Crippen LogP contribution in [0.15, 0.2) is 53.7 Å². The number of aromatic nitrogens is 3. The lowest BCUT2D eigenvalue weighted by Gasteiger charge is -2.15. The zero-order chi connectivity index (χ0) is 18.3. The SMILES string of the molecule is [O-][NH+](O)c1ccc(-c2nnc3n2NC(c2ccc([NH+]([O-])O)cc2)S3)cc1. The molecule has 134 valence electrons. The van der Waals surface area contributed by atoms with Gasteiger partial charge in [0.25, 0.3) is 0 Å². The van der Waals surface area contributed by atoms with Gasteiger partial charge in [0.05, 0.1) is 0 Å². The van der Waals surface area contributed by atoms with Gasteiger partial charge in [0.1, 0.15) is 5.37 Å². The monoisotopic (exact) mass is 374 g/mol. The summed E-state index contributed by atoms with van der Waals surface area (Å²) in [5.74, 6) is 0.578. The Kier molecular flexibility index (Phi) is 4.34. The number of thioether (sulfide) groups is 1. The summed E-state index contributed by atoms with van der Waals surface area (Å²) in [7, 11) is 0. The van der Waals surface area contributed by atoms with Crippen LogP contribution >= 0.6 is 11.8 Å². The van der Waals surface area contributed by atoms with E-state index in [-0.39, 0.29) is 16.7 Å². The third kappa shape index (κ3) is 3.04. The Hall–Kier alpha value is -2.51. The van der Waals surface area contributed by atoms with Crippen LogP contribution in [0.5, 0.6) is 0 Å². The number of hydrogen-bond donors (Lipinski definition) is 5. The Balaban J connectivity index is 1.57. The molecule has 2 aromatic carbocycles. The van der Waals surface area contributed by atoms with Crippen molar-refractivity contribution in [2.45, 2.75) is 10.5 Å². The average Bonchev–Trinajstić information content (AvgIpc) is 3.22. The van der Waals surface area contributed by atoms with Crippen LogP contribution in [-0.4, -0.2) is 25.3 Å². The highest BCUT2D eigenvalue weighted by atomic mass is 32.2. The number of benzene rings is 2. The molecule has 1 aliphatic rings. The van der Waals surface area contributed by atoms with Crippen molar-refractivity contribution in [2.75, 3.05) is 5.43 Å². The minimum Gasteiger partial charge on any atom is -0.595 e. The molecule has 4 rings (SSSR count). The number of fused-ring (bicyclic) bond motifs is 1. The summed E-state index contributed by atoms with van der Waals surface area (Å²) in [6, 6.07) is 13.0. The fourth-order valence-electron chi connectivity index (χ4n) is 2.60. The highest BCUT2D eigenvalue weighted by molar-refractivity contribution is 7.99. The molecule has 0 amide bonds. The van der Waals surface area contributed by atoms with Gasteiger partial charge in [0, 0.05) is 29.8 Å². The lowest BCUT2D eigenvalue weighted by atomic mass is 10.2. The lowest BCUT2D eigenvalue weighted by molar-refractivity contribution is -0.991.